The highest BCUT2D eigenvalue weighted by atomic mass is 32.1. The lowest BCUT2D eigenvalue weighted by Crippen LogP contribution is -2.31. The molecule has 2 heterocycles. The molecule has 30 heavy (non-hydrogen) atoms. The van der Waals surface area contributed by atoms with Crippen molar-refractivity contribution < 1.29 is 4.79 Å². The van der Waals surface area contributed by atoms with Crippen LogP contribution >= 0.6 is 11.3 Å². The van der Waals surface area contributed by atoms with E-state index in [0.29, 0.717) is 5.39 Å². The van der Waals surface area contributed by atoms with Crippen LogP contribution in [0.25, 0.3) is 10.2 Å². The lowest BCUT2D eigenvalue weighted by molar-refractivity contribution is -0.121. The molecule has 4 aromatic rings. The Labute approximate surface area is 179 Å². The zero-order valence-electron chi connectivity index (χ0n) is 17.0. The molecule has 0 aliphatic carbocycles. The Kier molecular flexibility index (Phi) is 5.77. The highest BCUT2D eigenvalue weighted by Crippen LogP contribution is 2.25. The van der Waals surface area contributed by atoms with Gasteiger partial charge in [0.05, 0.1) is 17.8 Å². The predicted octanol–water partition coefficient (Wildman–Crippen LogP) is 4.37. The van der Waals surface area contributed by atoms with Gasteiger partial charge < -0.3 is 5.32 Å². The number of thiophene rings is 1. The number of hydrogen-bond acceptors (Lipinski definition) is 4. The van der Waals surface area contributed by atoms with Gasteiger partial charge in [-0.15, -0.1) is 11.3 Å². The number of amides is 1. The van der Waals surface area contributed by atoms with Gasteiger partial charge >= 0.3 is 0 Å². The van der Waals surface area contributed by atoms with Gasteiger partial charge in [-0.3, -0.25) is 14.2 Å². The maximum atomic E-state index is 12.8. The van der Waals surface area contributed by atoms with Crippen LogP contribution in [0.2, 0.25) is 0 Å². The highest BCUT2D eigenvalue weighted by molar-refractivity contribution is 7.18. The lowest BCUT2D eigenvalue weighted by Gasteiger charge is -2.20. The second-order valence-corrected chi connectivity index (χ2v) is 8.48. The van der Waals surface area contributed by atoms with E-state index < -0.39 is 0 Å². The summed E-state index contributed by atoms with van der Waals surface area (Å²) in [5.74, 6) is -0.113. The third-order valence-electron chi connectivity index (χ3n) is 5.31. The molecule has 5 nitrogen and oxygen atoms in total. The van der Waals surface area contributed by atoms with E-state index in [4.69, 9.17) is 0 Å². The predicted molar refractivity (Wildman–Crippen MR) is 121 cm³/mol. The van der Waals surface area contributed by atoms with E-state index in [1.54, 1.807) is 6.33 Å². The van der Waals surface area contributed by atoms with Gasteiger partial charge in [0.2, 0.25) is 5.91 Å². The molecular weight excluding hydrogens is 394 g/mol. The standard InChI is InChI=1S/C24H23N3O2S/c1-16-17(2)30-23-21(16)24(29)27(15-25-23)14-13-20(28)26-22(18-9-5-3-6-10-18)19-11-7-4-8-12-19/h3-12,15,22H,13-14H2,1-2H3,(H,26,28). The minimum atomic E-state index is -0.237. The fourth-order valence-electron chi connectivity index (χ4n) is 3.53. The summed E-state index contributed by atoms with van der Waals surface area (Å²) < 4.78 is 1.53. The van der Waals surface area contributed by atoms with Gasteiger partial charge in [-0.1, -0.05) is 60.7 Å². The summed E-state index contributed by atoms with van der Waals surface area (Å²) in [6, 6.07) is 19.5. The summed E-state index contributed by atoms with van der Waals surface area (Å²) in [6.07, 6.45) is 1.74. The summed E-state index contributed by atoms with van der Waals surface area (Å²) in [6.45, 7) is 4.23. The van der Waals surface area contributed by atoms with Gasteiger partial charge in [-0.05, 0) is 30.5 Å². The average molecular weight is 418 g/mol. The zero-order chi connectivity index (χ0) is 21.1. The lowest BCUT2D eigenvalue weighted by atomic mass is 9.98. The smallest absolute Gasteiger partial charge is 0.262 e. The summed E-state index contributed by atoms with van der Waals surface area (Å²) in [5, 5.41) is 3.78. The molecule has 152 valence electrons. The molecule has 2 aromatic heterocycles. The Balaban J connectivity index is 1.52. The first-order valence-electron chi connectivity index (χ1n) is 9.89. The normalized spacial score (nSPS) is 11.2. The molecule has 0 radical (unpaired) electrons. The number of rotatable bonds is 6. The van der Waals surface area contributed by atoms with Gasteiger partial charge in [0.15, 0.2) is 0 Å². The van der Waals surface area contributed by atoms with Crippen molar-refractivity contribution in [3.8, 4) is 0 Å². The maximum Gasteiger partial charge on any atom is 0.262 e. The number of benzene rings is 2. The number of carbonyl (C=O) groups is 1. The number of aryl methyl sites for hydroxylation is 3. The second kappa shape index (κ2) is 8.63. The number of hydrogen-bond donors (Lipinski definition) is 1. The number of aromatic nitrogens is 2. The van der Waals surface area contributed by atoms with Crippen molar-refractivity contribution in [2.75, 3.05) is 0 Å². The number of nitrogens with one attached hydrogen (secondary N) is 1. The Morgan fingerprint density at radius 3 is 2.23 bits per heavy atom. The molecule has 0 fully saturated rings. The highest BCUT2D eigenvalue weighted by Gasteiger charge is 2.17. The van der Waals surface area contributed by atoms with Crippen molar-refractivity contribution in [3.05, 3.63) is 98.9 Å². The van der Waals surface area contributed by atoms with Gasteiger partial charge in [-0.25, -0.2) is 4.98 Å². The van der Waals surface area contributed by atoms with E-state index in [-0.39, 0.29) is 30.5 Å². The number of carbonyl (C=O) groups excluding carboxylic acids is 1. The van der Waals surface area contributed by atoms with E-state index in [9.17, 15) is 9.59 Å². The van der Waals surface area contributed by atoms with Crippen molar-refractivity contribution in [1.82, 2.24) is 14.9 Å². The van der Waals surface area contributed by atoms with Gasteiger partial charge in [0.25, 0.3) is 5.56 Å². The van der Waals surface area contributed by atoms with E-state index in [1.807, 2.05) is 74.5 Å². The molecule has 2 aromatic carbocycles. The maximum absolute atomic E-state index is 12.8. The first-order valence-corrected chi connectivity index (χ1v) is 10.7. The first kappa shape index (κ1) is 20.0. The van der Waals surface area contributed by atoms with Crippen LogP contribution < -0.4 is 10.9 Å². The Bertz CT molecular complexity index is 1190. The summed E-state index contributed by atoms with van der Waals surface area (Å²) in [5.41, 5.74) is 2.92. The molecule has 0 bridgehead atoms. The zero-order valence-corrected chi connectivity index (χ0v) is 17.8. The molecule has 0 aliphatic rings. The quantitative estimate of drug-likeness (QED) is 0.507. The van der Waals surface area contributed by atoms with E-state index in [0.717, 1.165) is 26.4 Å². The average Bonchev–Trinajstić information content (AvgIpc) is 3.07. The van der Waals surface area contributed by atoms with E-state index in [1.165, 1.54) is 15.9 Å². The van der Waals surface area contributed by atoms with Crippen molar-refractivity contribution in [2.45, 2.75) is 32.9 Å². The SMILES string of the molecule is Cc1sc2ncn(CCC(=O)NC(c3ccccc3)c3ccccc3)c(=O)c2c1C. The number of nitrogens with zero attached hydrogens (tertiary/aromatic N) is 2. The molecule has 6 heteroatoms. The molecule has 0 unspecified atom stereocenters. The van der Waals surface area contributed by atoms with Crippen LogP contribution in [-0.4, -0.2) is 15.5 Å². The van der Waals surface area contributed by atoms with Gasteiger partial charge in [0.1, 0.15) is 4.83 Å². The van der Waals surface area contributed by atoms with E-state index >= 15 is 0 Å². The fourth-order valence-corrected chi connectivity index (χ4v) is 4.52. The van der Waals surface area contributed by atoms with Crippen molar-refractivity contribution in [2.24, 2.45) is 0 Å². The van der Waals surface area contributed by atoms with Gasteiger partial charge in [-0.2, -0.15) is 0 Å². The molecular formula is C24H23N3O2S. The molecule has 4 rings (SSSR count). The minimum Gasteiger partial charge on any atom is -0.345 e. The molecule has 0 atom stereocenters. The monoisotopic (exact) mass is 417 g/mol. The Morgan fingerprint density at radius 2 is 1.63 bits per heavy atom. The fraction of sp³-hybridized carbons (Fsp3) is 0.208. The summed E-state index contributed by atoms with van der Waals surface area (Å²) in [4.78, 5) is 31.9. The second-order valence-electron chi connectivity index (χ2n) is 7.28. The van der Waals surface area contributed by atoms with Gasteiger partial charge in [0, 0.05) is 17.8 Å². The van der Waals surface area contributed by atoms with Crippen LogP contribution in [0.15, 0.2) is 71.8 Å². The molecule has 0 saturated carbocycles. The third kappa shape index (κ3) is 4.04. The van der Waals surface area contributed by atoms with Crippen LogP contribution in [0, 0.1) is 13.8 Å². The molecule has 0 aliphatic heterocycles. The molecule has 0 spiro atoms. The largest absolute Gasteiger partial charge is 0.345 e. The van der Waals surface area contributed by atoms with Crippen molar-refractivity contribution >= 4 is 27.5 Å². The number of fused-ring (bicyclic) bond motifs is 1. The Hall–Kier alpha value is -3.25. The minimum absolute atomic E-state index is 0.0858. The van der Waals surface area contributed by atoms with Crippen LogP contribution in [0.4, 0.5) is 0 Å². The third-order valence-corrected chi connectivity index (χ3v) is 6.42. The summed E-state index contributed by atoms with van der Waals surface area (Å²) in [7, 11) is 0. The summed E-state index contributed by atoms with van der Waals surface area (Å²) >= 11 is 1.53. The van der Waals surface area contributed by atoms with Crippen LogP contribution in [0.3, 0.4) is 0 Å². The van der Waals surface area contributed by atoms with E-state index in [2.05, 4.69) is 10.3 Å². The molecule has 1 amide bonds. The topological polar surface area (TPSA) is 64.0 Å². The van der Waals surface area contributed by atoms with Crippen molar-refractivity contribution in [1.29, 1.82) is 0 Å². The Morgan fingerprint density at radius 1 is 1.03 bits per heavy atom. The molecule has 0 saturated heterocycles. The van der Waals surface area contributed by atoms with Crippen LogP contribution in [-0.2, 0) is 11.3 Å². The van der Waals surface area contributed by atoms with Crippen LogP contribution in [0.5, 0.6) is 0 Å². The molecule has 1 N–H and O–H groups in total. The van der Waals surface area contributed by atoms with Crippen molar-refractivity contribution in [3.63, 3.8) is 0 Å². The van der Waals surface area contributed by atoms with Crippen LogP contribution in [0.1, 0.15) is 34.0 Å². The first-order chi connectivity index (χ1) is 14.5.